The molecular weight excluding hydrogens is 376 g/mol. The Labute approximate surface area is 177 Å². The van der Waals surface area contributed by atoms with E-state index in [2.05, 4.69) is 33.0 Å². The zero-order valence-electron chi connectivity index (χ0n) is 17.4. The van der Waals surface area contributed by atoms with Crippen LogP contribution in [0.2, 0.25) is 0 Å². The number of terminal acetylenes is 1. The molecule has 1 fully saturated rings. The van der Waals surface area contributed by atoms with E-state index >= 15 is 0 Å². The van der Waals surface area contributed by atoms with Crippen LogP contribution in [0.5, 0.6) is 11.5 Å². The molecule has 6 nitrogen and oxygen atoms in total. The Bertz CT molecular complexity index is 1070. The van der Waals surface area contributed by atoms with Crippen molar-refractivity contribution >= 4 is 22.4 Å². The van der Waals surface area contributed by atoms with Gasteiger partial charge in [0, 0.05) is 35.8 Å². The van der Waals surface area contributed by atoms with Crippen LogP contribution in [0.15, 0.2) is 42.7 Å². The van der Waals surface area contributed by atoms with Gasteiger partial charge in [-0.15, -0.1) is 6.42 Å². The van der Waals surface area contributed by atoms with Crippen LogP contribution in [-0.2, 0) is 0 Å². The fourth-order valence-corrected chi connectivity index (χ4v) is 3.76. The van der Waals surface area contributed by atoms with Crippen LogP contribution in [0.3, 0.4) is 0 Å². The average Bonchev–Trinajstić information content (AvgIpc) is 2.79. The molecule has 1 aliphatic rings. The van der Waals surface area contributed by atoms with Gasteiger partial charge in [-0.05, 0) is 43.7 Å². The van der Waals surface area contributed by atoms with Gasteiger partial charge < -0.3 is 19.7 Å². The summed E-state index contributed by atoms with van der Waals surface area (Å²) in [5.74, 6) is 4.75. The van der Waals surface area contributed by atoms with Gasteiger partial charge in [0.25, 0.3) is 0 Å². The molecule has 1 saturated heterocycles. The van der Waals surface area contributed by atoms with Crippen LogP contribution in [-0.4, -0.2) is 47.7 Å². The minimum absolute atomic E-state index is 0.174. The Morgan fingerprint density at radius 1 is 1.17 bits per heavy atom. The lowest BCUT2D eigenvalue weighted by Gasteiger charge is -2.31. The molecule has 1 aliphatic heterocycles. The normalized spacial score (nSPS) is 15.0. The minimum Gasteiger partial charge on any atom is -0.493 e. The number of likely N-dealkylation sites (tertiary alicyclic amines) is 1. The molecular formula is C24H26N4O2. The maximum absolute atomic E-state index is 6.36. The molecule has 0 unspecified atom stereocenters. The number of nitrogens with one attached hydrogen (secondary N) is 1. The molecule has 0 saturated carbocycles. The van der Waals surface area contributed by atoms with E-state index in [-0.39, 0.29) is 6.10 Å². The highest BCUT2D eigenvalue weighted by Gasteiger charge is 2.21. The van der Waals surface area contributed by atoms with Gasteiger partial charge in [-0.3, -0.25) is 0 Å². The Morgan fingerprint density at radius 2 is 2.00 bits per heavy atom. The number of aromatic nitrogens is 2. The lowest BCUT2D eigenvalue weighted by molar-refractivity contribution is 0.101. The highest BCUT2D eigenvalue weighted by Crippen LogP contribution is 2.36. The number of hydrogen-bond acceptors (Lipinski definition) is 6. The van der Waals surface area contributed by atoms with E-state index in [0.717, 1.165) is 60.4 Å². The second-order valence-electron chi connectivity index (χ2n) is 7.34. The van der Waals surface area contributed by atoms with E-state index in [9.17, 15) is 0 Å². The maximum Gasteiger partial charge on any atom is 0.162 e. The third kappa shape index (κ3) is 4.32. The van der Waals surface area contributed by atoms with Gasteiger partial charge >= 0.3 is 0 Å². The number of rotatable bonds is 6. The largest absolute Gasteiger partial charge is 0.493 e. The Balaban J connectivity index is 1.64. The van der Waals surface area contributed by atoms with Crippen molar-refractivity contribution in [2.24, 2.45) is 0 Å². The van der Waals surface area contributed by atoms with Crippen LogP contribution >= 0.6 is 0 Å². The third-order valence-electron chi connectivity index (χ3n) is 5.49. The molecule has 0 amide bonds. The molecule has 154 valence electrons. The van der Waals surface area contributed by atoms with Crippen molar-refractivity contribution in [3.05, 3.63) is 48.3 Å². The summed E-state index contributed by atoms with van der Waals surface area (Å²) in [6, 6.07) is 11.5. The Morgan fingerprint density at radius 3 is 2.73 bits per heavy atom. The quantitative estimate of drug-likeness (QED) is 0.623. The zero-order valence-corrected chi connectivity index (χ0v) is 17.4. The number of anilines is 2. The first kappa shape index (κ1) is 20.0. The van der Waals surface area contributed by atoms with Gasteiger partial charge in [-0.1, -0.05) is 18.9 Å². The number of methoxy groups -OCH3 is 1. The van der Waals surface area contributed by atoms with Crippen molar-refractivity contribution in [3.63, 3.8) is 0 Å². The summed E-state index contributed by atoms with van der Waals surface area (Å²) >= 11 is 0. The fourth-order valence-electron chi connectivity index (χ4n) is 3.76. The first-order valence-corrected chi connectivity index (χ1v) is 10.3. The van der Waals surface area contributed by atoms with E-state index in [4.69, 9.17) is 15.9 Å². The summed E-state index contributed by atoms with van der Waals surface area (Å²) in [6.07, 6.45) is 9.24. The minimum atomic E-state index is 0.174. The van der Waals surface area contributed by atoms with Crippen molar-refractivity contribution in [3.8, 4) is 23.8 Å². The highest BCUT2D eigenvalue weighted by molar-refractivity contribution is 5.93. The van der Waals surface area contributed by atoms with E-state index in [1.54, 1.807) is 7.11 Å². The zero-order chi connectivity index (χ0) is 20.9. The van der Waals surface area contributed by atoms with Gasteiger partial charge in [-0.25, -0.2) is 9.97 Å². The van der Waals surface area contributed by atoms with Crippen molar-refractivity contribution in [1.82, 2.24) is 14.9 Å². The predicted molar refractivity (Wildman–Crippen MR) is 120 cm³/mol. The number of nitrogens with zero attached hydrogens (tertiary/aromatic N) is 3. The van der Waals surface area contributed by atoms with Gasteiger partial charge in [0.2, 0.25) is 0 Å². The lowest BCUT2D eigenvalue weighted by Crippen LogP contribution is -2.38. The first-order valence-electron chi connectivity index (χ1n) is 10.3. The first-order chi connectivity index (χ1) is 14.7. The summed E-state index contributed by atoms with van der Waals surface area (Å²) in [4.78, 5) is 11.3. The number of piperidine rings is 1. The van der Waals surface area contributed by atoms with E-state index in [1.807, 2.05) is 36.4 Å². The molecule has 0 aliphatic carbocycles. The van der Waals surface area contributed by atoms with Gasteiger partial charge in [0.05, 0.1) is 12.6 Å². The molecule has 3 aromatic rings. The molecule has 0 bridgehead atoms. The molecule has 30 heavy (non-hydrogen) atoms. The van der Waals surface area contributed by atoms with Crippen molar-refractivity contribution < 1.29 is 9.47 Å². The van der Waals surface area contributed by atoms with Gasteiger partial charge in [0.15, 0.2) is 11.5 Å². The van der Waals surface area contributed by atoms with Crippen molar-refractivity contribution in [2.45, 2.75) is 25.9 Å². The molecule has 0 spiro atoms. The van der Waals surface area contributed by atoms with Crippen molar-refractivity contribution in [2.75, 3.05) is 32.1 Å². The summed E-state index contributed by atoms with van der Waals surface area (Å²) in [6.45, 7) is 5.39. The third-order valence-corrected chi connectivity index (χ3v) is 5.49. The van der Waals surface area contributed by atoms with E-state index < -0.39 is 0 Å². The Hall–Kier alpha value is -3.30. The molecule has 2 heterocycles. The van der Waals surface area contributed by atoms with Crippen molar-refractivity contribution in [1.29, 1.82) is 0 Å². The summed E-state index contributed by atoms with van der Waals surface area (Å²) in [5.41, 5.74) is 2.46. The molecule has 4 rings (SSSR count). The molecule has 1 N–H and O–H groups in total. The summed E-state index contributed by atoms with van der Waals surface area (Å²) < 4.78 is 11.9. The number of hydrogen-bond donors (Lipinski definition) is 1. The standard InChI is InChI=1S/C24H26N4O2/c1-4-17-7-6-8-18(13-17)27-24-20-14-23(22(29-3)15-21(20)25-16-26-24)30-19-9-11-28(5-2)12-10-19/h1,6-8,13-16,19H,5,9-12H2,2-3H3,(H,25,26,27). The van der Waals surface area contributed by atoms with Gasteiger partial charge in [-0.2, -0.15) is 0 Å². The molecule has 2 aromatic carbocycles. The lowest BCUT2D eigenvalue weighted by atomic mass is 10.1. The van der Waals surface area contributed by atoms with Gasteiger partial charge in [0.1, 0.15) is 18.2 Å². The van der Waals surface area contributed by atoms with E-state index in [1.165, 1.54) is 6.33 Å². The average molecular weight is 402 g/mol. The van der Waals surface area contributed by atoms with Crippen LogP contribution in [0.1, 0.15) is 25.3 Å². The maximum atomic E-state index is 6.36. The van der Waals surface area contributed by atoms with E-state index in [0.29, 0.717) is 11.6 Å². The molecule has 1 aromatic heterocycles. The fraction of sp³-hybridized carbons (Fsp3) is 0.333. The summed E-state index contributed by atoms with van der Waals surface area (Å²) in [5, 5.41) is 4.22. The molecule has 0 radical (unpaired) electrons. The van der Waals surface area contributed by atoms with Crippen LogP contribution < -0.4 is 14.8 Å². The Kier molecular flexibility index (Phi) is 6.01. The smallest absolute Gasteiger partial charge is 0.162 e. The highest BCUT2D eigenvalue weighted by atomic mass is 16.5. The van der Waals surface area contributed by atoms with Crippen LogP contribution in [0.4, 0.5) is 11.5 Å². The summed E-state index contributed by atoms with van der Waals surface area (Å²) in [7, 11) is 1.65. The molecule has 6 heteroatoms. The topological polar surface area (TPSA) is 59.5 Å². The second kappa shape index (κ2) is 9.02. The number of benzene rings is 2. The predicted octanol–water partition coefficient (Wildman–Crippen LogP) is 4.23. The monoisotopic (exact) mass is 402 g/mol. The molecule has 0 atom stereocenters. The number of ether oxygens (including phenoxy) is 2. The SMILES string of the molecule is C#Cc1cccc(Nc2ncnc3cc(OC)c(OC4CCN(CC)CC4)cc23)c1. The van der Waals surface area contributed by atoms with Crippen LogP contribution in [0, 0.1) is 12.3 Å². The number of fused-ring (bicyclic) bond motifs is 1. The van der Waals surface area contributed by atoms with Crippen LogP contribution in [0.25, 0.3) is 10.9 Å². The second-order valence-corrected chi connectivity index (χ2v) is 7.34.